The largest absolute Gasteiger partial charge is 0.485 e. The summed E-state index contributed by atoms with van der Waals surface area (Å²) in [4.78, 5) is 24.0. The monoisotopic (exact) mass is 333 g/mol. The minimum atomic E-state index is -0.842. The summed E-state index contributed by atoms with van der Waals surface area (Å²) in [5, 5.41) is 2.94. The van der Waals surface area contributed by atoms with E-state index in [0.717, 1.165) is 25.7 Å². The molecule has 1 atom stereocenters. The van der Waals surface area contributed by atoms with Crippen LogP contribution in [0.1, 0.15) is 38.5 Å². The van der Waals surface area contributed by atoms with Gasteiger partial charge in [-0.1, -0.05) is 37.8 Å². The fourth-order valence-electron chi connectivity index (χ4n) is 3.06. The van der Waals surface area contributed by atoms with Crippen molar-refractivity contribution in [2.75, 3.05) is 13.2 Å². The molecule has 24 heavy (non-hydrogen) atoms. The summed E-state index contributed by atoms with van der Waals surface area (Å²) in [6, 6.07) is 7.33. The molecule has 1 aromatic carbocycles. The Bertz CT molecular complexity index is 581. The number of hydrogen-bond acceptors (Lipinski definition) is 5. The molecule has 0 radical (unpaired) electrons. The standard InChI is InChI=1S/C18H23NO5/c20-17(19-13-7-3-1-2-4-8-13)12-23-18(21)16-11-22-14-9-5-6-10-15(14)24-16/h5-6,9-10,13,16H,1-4,7-8,11-12H2,(H,19,20)/t16-/m0/s1. The minimum Gasteiger partial charge on any atom is -0.485 e. The fraction of sp³-hybridized carbons (Fsp3) is 0.556. The molecule has 1 N–H and O–H groups in total. The van der Waals surface area contributed by atoms with Crippen LogP contribution >= 0.6 is 0 Å². The molecule has 3 rings (SSSR count). The van der Waals surface area contributed by atoms with Gasteiger partial charge in [0.2, 0.25) is 6.10 Å². The number of nitrogens with one attached hydrogen (secondary N) is 1. The van der Waals surface area contributed by atoms with E-state index in [9.17, 15) is 9.59 Å². The van der Waals surface area contributed by atoms with Gasteiger partial charge in [0.15, 0.2) is 18.1 Å². The van der Waals surface area contributed by atoms with Gasteiger partial charge in [-0.05, 0) is 25.0 Å². The number of ether oxygens (including phenoxy) is 3. The fourth-order valence-corrected chi connectivity index (χ4v) is 3.06. The molecule has 0 unspecified atom stereocenters. The minimum absolute atomic E-state index is 0.0834. The lowest BCUT2D eigenvalue weighted by Crippen LogP contribution is -2.41. The lowest BCUT2D eigenvalue weighted by atomic mass is 10.1. The number of benzene rings is 1. The molecule has 0 bridgehead atoms. The lowest BCUT2D eigenvalue weighted by molar-refractivity contribution is -0.157. The molecule has 2 aliphatic rings. The summed E-state index contributed by atoms with van der Waals surface area (Å²) < 4.78 is 16.1. The topological polar surface area (TPSA) is 73.9 Å². The van der Waals surface area contributed by atoms with Crippen LogP contribution in [0.25, 0.3) is 0 Å². The molecular weight excluding hydrogens is 310 g/mol. The highest BCUT2D eigenvalue weighted by Crippen LogP contribution is 2.31. The van der Waals surface area contributed by atoms with Crippen molar-refractivity contribution in [3.63, 3.8) is 0 Å². The zero-order valence-corrected chi connectivity index (χ0v) is 13.7. The van der Waals surface area contributed by atoms with Gasteiger partial charge in [0.25, 0.3) is 5.91 Å². The average molecular weight is 333 g/mol. The quantitative estimate of drug-likeness (QED) is 0.675. The summed E-state index contributed by atoms with van der Waals surface area (Å²) in [5.41, 5.74) is 0. The summed E-state index contributed by atoms with van der Waals surface area (Å²) >= 11 is 0. The van der Waals surface area contributed by atoms with E-state index < -0.39 is 12.1 Å². The highest BCUT2D eigenvalue weighted by Gasteiger charge is 2.29. The third kappa shape index (κ3) is 4.40. The molecule has 0 spiro atoms. The van der Waals surface area contributed by atoms with Crippen LogP contribution in [0.5, 0.6) is 11.5 Å². The number of rotatable bonds is 4. The molecule has 1 fully saturated rings. The van der Waals surface area contributed by atoms with E-state index in [0.29, 0.717) is 11.5 Å². The van der Waals surface area contributed by atoms with Gasteiger partial charge in [-0.2, -0.15) is 0 Å². The normalized spacial score (nSPS) is 20.8. The molecule has 1 aliphatic heterocycles. The molecule has 6 nitrogen and oxygen atoms in total. The van der Waals surface area contributed by atoms with Crippen molar-refractivity contribution in [1.82, 2.24) is 5.32 Å². The van der Waals surface area contributed by atoms with Crippen LogP contribution in [-0.2, 0) is 14.3 Å². The highest BCUT2D eigenvalue weighted by molar-refractivity contribution is 5.82. The molecule has 1 heterocycles. The molecule has 6 heteroatoms. The van der Waals surface area contributed by atoms with Crippen molar-refractivity contribution in [2.45, 2.75) is 50.7 Å². The number of amides is 1. The van der Waals surface area contributed by atoms with Crippen molar-refractivity contribution in [2.24, 2.45) is 0 Å². The zero-order chi connectivity index (χ0) is 16.8. The second-order valence-electron chi connectivity index (χ2n) is 6.23. The van der Waals surface area contributed by atoms with Crippen LogP contribution in [0.2, 0.25) is 0 Å². The first-order valence-corrected chi connectivity index (χ1v) is 8.57. The first-order valence-electron chi connectivity index (χ1n) is 8.57. The van der Waals surface area contributed by atoms with Crippen LogP contribution in [0, 0.1) is 0 Å². The summed E-state index contributed by atoms with van der Waals surface area (Å²) in [7, 11) is 0. The van der Waals surface area contributed by atoms with Crippen LogP contribution < -0.4 is 14.8 Å². The lowest BCUT2D eigenvalue weighted by Gasteiger charge is -2.25. The first-order chi connectivity index (χ1) is 11.7. The summed E-state index contributed by atoms with van der Waals surface area (Å²) in [6.07, 6.45) is 5.87. The van der Waals surface area contributed by atoms with Crippen LogP contribution in [-0.4, -0.2) is 37.2 Å². The third-order valence-corrected chi connectivity index (χ3v) is 4.34. The number of carbonyl (C=O) groups excluding carboxylic acids is 2. The Hall–Kier alpha value is -2.24. The van der Waals surface area contributed by atoms with E-state index >= 15 is 0 Å². The van der Waals surface area contributed by atoms with Gasteiger partial charge in [-0.15, -0.1) is 0 Å². The van der Waals surface area contributed by atoms with Crippen molar-refractivity contribution in [3.8, 4) is 11.5 Å². The highest BCUT2D eigenvalue weighted by atomic mass is 16.6. The van der Waals surface area contributed by atoms with E-state index in [1.54, 1.807) is 18.2 Å². The average Bonchev–Trinajstić information content (AvgIpc) is 2.88. The smallest absolute Gasteiger partial charge is 0.351 e. The molecule has 130 valence electrons. The SMILES string of the molecule is O=C(COC(=O)[C@@H]1COc2ccccc2O1)NC1CCCCCC1. The molecule has 1 amide bonds. The van der Waals surface area contributed by atoms with E-state index in [2.05, 4.69) is 5.32 Å². The van der Waals surface area contributed by atoms with Gasteiger partial charge in [0.05, 0.1) is 0 Å². The van der Waals surface area contributed by atoms with Gasteiger partial charge in [0, 0.05) is 6.04 Å². The second-order valence-corrected chi connectivity index (χ2v) is 6.23. The second kappa shape index (κ2) is 8.04. The summed E-state index contributed by atoms with van der Waals surface area (Å²) in [5.74, 6) is 0.272. The number of hydrogen-bond donors (Lipinski definition) is 1. The Morgan fingerprint density at radius 3 is 2.54 bits per heavy atom. The Balaban J connectivity index is 1.43. The van der Waals surface area contributed by atoms with Crippen LogP contribution in [0.15, 0.2) is 24.3 Å². The maximum absolute atomic E-state index is 12.1. The van der Waals surface area contributed by atoms with E-state index in [-0.39, 0.29) is 25.2 Å². The van der Waals surface area contributed by atoms with E-state index in [1.807, 2.05) is 6.07 Å². The molecule has 1 aliphatic carbocycles. The van der Waals surface area contributed by atoms with Crippen molar-refractivity contribution in [3.05, 3.63) is 24.3 Å². The van der Waals surface area contributed by atoms with Crippen LogP contribution in [0.3, 0.4) is 0 Å². The number of fused-ring (bicyclic) bond motifs is 1. The predicted octanol–water partition coefficient (Wildman–Crippen LogP) is 2.21. The maximum Gasteiger partial charge on any atom is 0.351 e. The van der Waals surface area contributed by atoms with Crippen molar-refractivity contribution in [1.29, 1.82) is 0 Å². The summed E-state index contributed by atoms with van der Waals surface area (Å²) in [6.45, 7) is -0.197. The Morgan fingerprint density at radius 1 is 1.08 bits per heavy atom. The molecule has 1 aromatic rings. The van der Waals surface area contributed by atoms with Gasteiger partial charge in [-0.25, -0.2) is 4.79 Å². The van der Waals surface area contributed by atoms with Crippen LogP contribution in [0.4, 0.5) is 0 Å². The Morgan fingerprint density at radius 2 is 1.79 bits per heavy atom. The molecular formula is C18H23NO5. The third-order valence-electron chi connectivity index (χ3n) is 4.34. The van der Waals surface area contributed by atoms with Gasteiger partial charge >= 0.3 is 5.97 Å². The van der Waals surface area contributed by atoms with Gasteiger partial charge in [-0.3, -0.25) is 4.79 Å². The molecule has 0 saturated heterocycles. The molecule has 1 saturated carbocycles. The van der Waals surface area contributed by atoms with E-state index in [4.69, 9.17) is 14.2 Å². The zero-order valence-electron chi connectivity index (χ0n) is 13.7. The van der Waals surface area contributed by atoms with Gasteiger partial charge in [0.1, 0.15) is 6.61 Å². The van der Waals surface area contributed by atoms with E-state index in [1.165, 1.54) is 12.8 Å². The maximum atomic E-state index is 12.1. The number of para-hydroxylation sites is 2. The number of esters is 1. The van der Waals surface area contributed by atoms with Gasteiger partial charge < -0.3 is 19.5 Å². The number of carbonyl (C=O) groups is 2. The predicted molar refractivity (Wildman–Crippen MR) is 86.9 cm³/mol. The van der Waals surface area contributed by atoms with Crippen molar-refractivity contribution < 1.29 is 23.8 Å². The molecule has 0 aromatic heterocycles. The Kier molecular flexibility index (Phi) is 5.56. The first kappa shape index (κ1) is 16.6. The van der Waals surface area contributed by atoms with Crippen molar-refractivity contribution >= 4 is 11.9 Å². The Labute approximate surface area is 141 Å².